The Hall–Kier alpha value is -3.53. The molecule has 28 heavy (non-hydrogen) atoms. The molecule has 0 bridgehead atoms. The molecule has 1 amide bonds. The average Bonchev–Trinajstić information content (AvgIpc) is 3.18. The lowest BCUT2D eigenvalue weighted by Crippen LogP contribution is -2.29. The Morgan fingerprint density at radius 3 is 2.46 bits per heavy atom. The molecule has 0 spiro atoms. The summed E-state index contributed by atoms with van der Waals surface area (Å²) in [6, 6.07) is 25.0. The van der Waals surface area contributed by atoms with Crippen molar-refractivity contribution in [2.75, 3.05) is 7.11 Å². The van der Waals surface area contributed by atoms with E-state index in [9.17, 15) is 4.79 Å². The van der Waals surface area contributed by atoms with Crippen LogP contribution in [0.2, 0.25) is 0 Å². The topological polar surface area (TPSA) is 51.5 Å². The van der Waals surface area contributed by atoms with E-state index < -0.39 is 0 Å². The second-order valence-electron chi connectivity index (χ2n) is 6.66. The molecule has 0 unspecified atom stereocenters. The van der Waals surface area contributed by atoms with Crippen LogP contribution in [0.1, 0.15) is 33.3 Å². The number of hydrogen-bond donors (Lipinski definition) is 1. The summed E-state index contributed by atoms with van der Waals surface area (Å²) in [5, 5.41) is 3.96. The number of furan rings is 1. The molecule has 1 atom stereocenters. The second-order valence-corrected chi connectivity index (χ2v) is 6.66. The van der Waals surface area contributed by atoms with Gasteiger partial charge in [0.15, 0.2) is 17.1 Å². The SMILES string of the molecule is COc1cccc2cc(C(=O)N[C@H](c3ccccc3)c3ccccc3C)oc12. The molecule has 0 fully saturated rings. The predicted molar refractivity (Wildman–Crippen MR) is 110 cm³/mol. The van der Waals surface area contributed by atoms with Crippen molar-refractivity contribution in [1.82, 2.24) is 5.32 Å². The number of para-hydroxylation sites is 1. The van der Waals surface area contributed by atoms with Gasteiger partial charge in [0, 0.05) is 5.39 Å². The van der Waals surface area contributed by atoms with Gasteiger partial charge in [0.2, 0.25) is 0 Å². The molecular weight excluding hydrogens is 350 g/mol. The molecule has 4 nitrogen and oxygen atoms in total. The van der Waals surface area contributed by atoms with Gasteiger partial charge in [-0.25, -0.2) is 0 Å². The van der Waals surface area contributed by atoms with Crippen LogP contribution in [0.5, 0.6) is 5.75 Å². The summed E-state index contributed by atoms with van der Waals surface area (Å²) in [4.78, 5) is 13.0. The first-order valence-electron chi connectivity index (χ1n) is 9.15. The average molecular weight is 371 g/mol. The first-order valence-corrected chi connectivity index (χ1v) is 9.15. The Morgan fingerprint density at radius 2 is 1.71 bits per heavy atom. The summed E-state index contributed by atoms with van der Waals surface area (Å²) in [7, 11) is 1.58. The lowest BCUT2D eigenvalue weighted by Gasteiger charge is -2.21. The molecule has 1 N–H and O–H groups in total. The molecule has 3 aromatic carbocycles. The van der Waals surface area contributed by atoms with Gasteiger partial charge in [0.05, 0.1) is 13.2 Å². The highest BCUT2D eigenvalue weighted by atomic mass is 16.5. The molecule has 140 valence electrons. The van der Waals surface area contributed by atoms with E-state index in [0.29, 0.717) is 11.3 Å². The van der Waals surface area contributed by atoms with Gasteiger partial charge in [-0.15, -0.1) is 0 Å². The molecule has 0 saturated heterocycles. The van der Waals surface area contributed by atoms with Crippen LogP contribution in [0, 0.1) is 6.92 Å². The van der Waals surface area contributed by atoms with Gasteiger partial charge < -0.3 is 14.5 Å². The summed E-state index contributed by atoms with van der Waals surface area (Å²) in [5.74, 6) is 0.597. The molecule has 0 aliphatic rings. The quantitative estimate of drug-likeness (QED) is 0.520. The Bertz CT molecular complexity index is 1120. The van der Waals surface area contributed by atoms with E-state index in [4.69, 9.17) is 9.15 Å². The highest BCUT2D eigenvalue weighted by molar-refractivity contribution is 5.97. The maximum atomic E-state index is 13.0. The Kier molecular flexibility index (Phi) is 4.85. The number of benzene rings is 3. The number of fused-ring (bicyclic) bond motifs is 1. The Balaban J connectivity index is 1.71. The molecule has 4 rings (SSSR count). The minimum absolute atomic E-state index is 0.258. The molecule has 0 radical (unpaired) electrons. The third kappa shape index (κ3) is 3.37. The third-order valence-corrected chi connectivity index (χ3v) is 4.86. The van der Waals surface area contributed by atoms with Crippen molar-refractivity contribution in [3.63, 3.8) is 0 Å². The first-order chi connectivity index (χ1) is 13.7. The summed E-state index contributed by atoms with van der Waals surface area (Å²) in [5.41, 5.74) is 3.75. The maximum Gasteiger partial charge on any atom is 0.287 e. The number of ether oxygens (including phenoxy) is 1. The van der Waals surface area contributed by atoms with Crippen molar-refractivity contribution in [3.8, 4) is 5.75 Å². The predicted octanol–water partition coefficient (Wildman–Crippen LogP) is 5.27. The number of hydrogen-bond acceptors (Lipinski definition) is 3. The fourth-order valence-electron chi connectivity index (χ4n) is 3.41. The molecule has 0 aliphatic carbocycles. The van der Waals surface area contributed by atoms with Gasteiger partial charge >= 0.3 is 0 Å². The number of carbonyl (C=O) groups excluding carboxylic acids is 1. The Labute approximate surface area is 163 Å². The summed E-state index contributed by atoms with van der Waals surface area (Å²) in [6.45, 7) is 2.05. The smallest absolute Gasteiger partial charge is 0.287 e. The minimum atomic E-state index is -0.273. The van der Waals surface area contributed by atoms with Crippen molar-refractivity contribution in [2.45, 2.75) is 13.0 Å². The lowest BCUT2D eigenvalue weighted by molar-refractivity contribution is 0.0917. The molecule has 4 aromatic rings. The zero-order valence-electron chi connectivity index (χ0n) is 15.8. The van der Waals surface area contributed by atoms with Crippen LogP contribution < -0.4 is 10.1 Å². The van der Waals surface area contributed by atoms with Crippen LogP contribution in [0.15, 0.2) is 83.3 Å². The van der Waals surface area contributed by atoms with Gasteiger partial charge in [0.1, 0.15) is 0 Å². The molecule has 0 aliphatic heterocycles. The molecule has 4 heteroatoms. The van der Waals surface area contributed by atoms with E-state index >= 15 is 0 Å². The van der Waals surface area contributed by atoms with Crippen molar-refractivity contribution in [1.29, 1.82) is 0 Å². The van der Waals surface area contributed by atoms with Crippen LogP contribution in [-0.4, -0.2) is 13.0 Å². The summed E-state index contributed by atoms with van der Waals surface area (Å²) < 4.78 is 11.1. The fraction of sp³-hybridized carbons (Fsp3) is 0.125. The first kappa shape index (κ1) is 17.9. The largest absolute Gasteiger partial charge is 0.493 e. The minimum Gasteiger partial charge on any atom is -0.493 e. The summed E-state index contributed by atoms with van der Waals surface area (Å²) in [6.07, 6.45) is 0. The highest BCUT2D eigenvalue weighted by Crippen LogP contribution is 2.30. The van der Waals surface area contributed by atoms with Crippen LogP contribution in [0.4, 0.5) is 0 Å². The van der Waals surface area contributed by atoms with Crippen molar-refractivity contribution in [3.05, 3.63) is 101 Å². The van der Waals surface area contributed by atoms with E-state index in [1.807, 2.05) is 79.7 Å². The highest BCUT2D eigenvalue weighted by Gasteiger charge is 2.22. The van der Waals surface area contributed by atoms with Crippen molar-refractivity contribution >= 4 is 16.9 Å². The number of aryl methyl sites for hydroxylation is 1. The normalized spacial score (nSPS) is 11.9. The van der Waals surface area contributed by atoms with E-state index in [1.54, 1.807) is 13.2 Å². The third-order valence-electron chi connectivity index (χ3n) is 4.86. The van der Waals surface area contributed by atoms with Crippen LogP contribution in [0.3, 0.4) is 0 Å². The van der Waals surface area contributed by atoms with E-state index in [0.717, 1.165) is 22.1 Å². The van der Waals surface area contributed by atoms with Crippen LogP contribution in [-0.2, 0) is 0 Å². The number of nitrogens with one attached hydrogen (secondary N) is 1. The van der Waals surface area contributed by atoms with Gasteiger partial charge in [-0.2, -0.15) is 0 Å². The summed E-state index contributed by atoms with van der Waals surface area (Å²) >= 11 is 0. The van der Waals surface area contributed by atoms with E-state index in [-0.39, 0.29) is 17.7 Å². The van der Waals surface area contributed by atoms with Gasteiger partial charge in [0.25, 0.3) is 5.91 Å². The molecular formula is C24H21NO3. The van der Waals surface area contributed by atoms with Crippen LogP contribution in [0.25, 0.3) is 11.0 Å². The maximum absolute atomic E-state index is 13.0. The monoisotopic (exact) mass is 371 g/mol. The fourth-order valence-corrected chi connectivity index (χ4v) is 3.41. The molecule has 1 heterocycles. The van der Waals surface area contributed by atoms with Crippen LogP contribution >= 0.6 is 0 Å². The van der Waals surface area contributed by atoms with Gasteiger partial charge in [-0.05, 0) is 35.7 Å². The number of amides is 1. The van der Waals surface area contributed by atoms with Crippen molar-refractivity contribution < 1.29 is 13.9 Å². The van der Waals surface area contributed by atoms with Gasteiger partial charge in [-0.1, -0.05) is 66.7 Å². The number of methoxy groups -OCH3 is 1. The number of rotatable bonds is 5. The molecule has 1 aromatic heterocycles. The van der Waals surface area contributed by atoms with E-state index in [1.165, 1.54) is 0 Å². The van der Waals surface area contributed by atoms with Gasteiger partial charge in [-0.3, -0.25) is 4.79 Å². The second kappa shape index (κ2) is 7.61. The zero-order valence-corrected chi connectivity index (χ0v) is 15.8. The zero-order chi connectivity index (χ0) is 19.5. The molecule has 0 saturated carbocycles. The Morgan fingerprint density at radius 1 is 0.964 bits per heavy atom. The lowest BCUT2D eigenvalue weighted by atomic mass is 9.95. The van der Waals surface area contributed by atoms with E-state index in [2.05, 4.69) is 5.32 Å². The standard InChI is InChI=1S/C24H21NO3/c1-16-9-6-7-13-19(16)22(17-10-4-3-5-11-17)25-24(26)21-15-18-12-8-14-20(27-2)23(18)28-21/h3-15,22H,1-2H3,(H,25,26)/t22-/m1/s1. The van der Waals surface area contributed by atoms with Crippen molar-refractivity contribution in [2.24, 2.45) is 0 Å². The number of carbonyl (C=O) groups is 1.